The maximum atomic E-state index is 5.26. The Balaban J connectivity index is 2.90. The summed E-state index contributed by atoms with van der Waals surface area (Å²) in [6.45, 7) is 7.01. The van der Waals surface area contributed by atoms with Crippen LogP contribution in [0.2, 0.25) is 13.3 Å². The van der Waals surface area contributed by atoms with E-state index in [1.807, 2.05) is 0 Å². The van der Waals surface area contributed by atoms with E-state index >= 15 is 0 Å². The fourth-order valence-corrected chi connectivity index (χ4v) is 17.4. The van der Waals surface area contributed by atoms with E-state index in [2.05, 4.69) is 55.2 Å². The van der Waals surface area contributed by atoms with E-state index in [4.69, 9.17) is 4.74 Å². The molecule has 0 heterocycles. The molecule has 0 aliphatic carbocycles. The summed E-state index contributed by atoms with van der Waals surface area (Å²) in [5.41, 5.74) is 1.33. The van der Waals surface area contributed by atoms with Crippen molar-refractivity contribution in [2.45, 2.75) is 72.6 Å². The van der Waals surface area contributed by atoms with Gasteiger partial charge in [0.05, 0.1) is 0 Å². The molecule has 0 saturated carbocycles. The van der Waals surface area contributed by atoms with Gasteiger partial charge in [-0.1, -0.05) is 0 Å². The summed E-state index contributed by atoms with van der Waals surface area (Å²) >= 11 is -2.13. The van der Waals surface area contributed by atoms with Crippen LogP contribution in [0.25, 0.3) is 6.08 Å². The molecule has 1 rings (SSSR count). The van der Waals surface area contributed by atoms with Gasteiger partial charge >= 0.3 is 149 Å². The van der Waals surface area contributed by atoms with Crippen LogP contribution in [0, 0.1) is 0 Å². The Bertz CT molecular complexity index is 414. The Kier molecular flexibility index (Phi) is 10.7. The van der Waals surface area contributed by atoms with Crippen LogP contribution in [0.15, 0.2) is 28.4 Å². The zero-order chi connectivity index (χ0) is 17.0. The molecule has 0 aromatic heterocycles. The molecule has 1 nitrogen and oxygen atoms in total. The molecular formula is C21H36OSn. The number of hydrogen-bond acceptors (Lipinski definition) is 1. The Labute approximate surface area is 148 Å². The van der Waals surface area contributed by atoms with Gasteiger partial charge in [-0.25, -0.2) is 0 Å². The van der Waals surface area contributed by atoms with Crippen molar-refractivity contribution in [3.63, 3.8) is 0 Å². The summed E-state index contributed by atoms with van der Waals surface area (Å²) in [5.74, 6) is 0.944. The molecule has 0 aliphatic rings. The third-order valence-corrected chi connectivity index (χ3v) is 18.9. The quantitative estimate of drug-likeness (QED) is 0.326. The normalized spacial score (nSPS) is 12.0. The van der Waals surface area contributed by atoms with Crippen molar-refractivity contribution in [3.05, 3.63) is 33.9 Å². The van der Waals surface area contributed by atoms with Gasteiger partial charge in [-0.3, -0.25) is 0 Å². The van der Waals surface area contributed by atoms with Gasteiger partial charge in [-0.15, -0.1) is 0 Å². The van der Waals surface area contributed by atoms with Crippen LogP contribution >= 0.6 is 0 Å². The van der Waals surface area contributed by atoms with Crippen LogP contribution in [0.1, 0.15) is 64.9 Å². The fraction of sp³-hybridized carbons (Fsp3) is 0.619. The van der Waals surface area contributed by atoms with Crippen LogP contribution in [-0.4, -0.2) is 25.5 Å². The van der Waals surface area contributed by atoms with Crippen molar-refractivity contribution >= 4 is 24.5 Å². The third-order valence-electron chi connectivity index (χ3n) is 4.83. The molecule has 130 valence electrons. The van der Waals surface area contributed by atoms with Gasteiger partial charge < -0.3 is 0 Å². The second kappa shape index (κ2) is 12.0. The number of unbranched alkanes of at least 4 members (excludes halogenated alkanes) is 3. The third kappa shape index (κ3) is 7.78. The zero-order valence-electron chi connectivity index (χ0n) is 15.7. The molecule has 0 aliphatic heterocycles. The summed E-state index contributed by atoms with van der Waals surface area (Å²) < 4.78 is 12.6. The molecule has 1 aromatic rings. The van der Waals surface area contributed by atoms with Gasteiger partial charge in [0.15, 0.2) is 0 Å². The first-order valence-corrected chi connectivity index (χ1v) is 17.2. The summed E-state index contributed by atoms with van der Waals surface area (Å²) in [7, 11) is 1.73. The van der Waals surface area contributed by atoms with Crippen molar-refractivity contribution in [2.24, 2.45) is 0 Å². The van der Waals surface area contributed by atoms with Crippen molar-refractivity contribution < 1.29 is 4.74 Å². The molecule has 0 bridgehead atoms. The van der Waals surface area contributed by atoms with Crippen LogP contribution in [-0.2, 0) is 0 Å². The predicted octanol–water partition coefficient (Wildman–Crippen LogP) is 7.10. The predicted molar refractivity (Wildman–Crippen MR) is 107 cm³/mol. The van der Waals surface area contributed by atoms with Crippen LogP contribution in [0.3, 0.4) is 0 Å². The zero-order valence-corrected chi connectivity index (χ0v) is 18.6. The van der Waals surface area contributed by atoms with E-state index in [-0.39, 0.29) is 0 Å². The molecule has 0 unspecified atom stereocenters. The standard InChI is InChI=1S/C9H9O.3C4H9.Sn/c1-3-8-4-6-9(10-2)7-5-8;3*1-3-4-2;/h1,3-7H,2H3;3*1,3-4H2,2H3;. The summed E-state index contributed by atoms with van der Waals surface area (Å²) in [6, 6.07) is 8.51. The first-order valence-electron chi connectivity index (χ1n) is 9.53. The van der Waals surface area contributed by atoms with E-state index in [1.54, 1.807) is 7.11 Å². The average molecular weight is 423 g/mol. The molecule has 23 heavy (non-hydrogen) atoms. The van der Waals surface area contributed by atoms with Crippen LogP contribution < -0.4 is 4.74 Å². The van der Waals surface area contributed by atoms with E-state index in [1.165, 1.54) is 57.4 Å². The first kappa shape index (κ1) is 20.6. The van der Waals surface area contributed by atoms with Crippen molar-refractivity contribution in [1.29, 1.82) is 0 Å². The van der Waals surface area contributed by atoms with Gasteiger partial charge in [0.2, 0.25) is 0 Å². The Morgan fingerprint density at radius 3 is 1.70 bits per heavy atom. The molecule has 0 amide bonds. The summed E-state index contributed by atoms with van der Waals surface area (Å²) in [6.07, 6.45) is 10.7. The Morgan fingerprint density at radius 2 is 1.30 bits per heavy atom. The number of benzene rings is 1. The second-order valence-corrected chi connectivity index (χ2v) is 19.8. The summed E-state index contributed by atoms with van der Waals surface area (Å²) in [5, 5.41) is 0. The Morgan fingerprint density at radius 1 is 0.826 bits per heavy atom. The molecule has 2 heteroatoms. The van der Waals surface area contributed by atoms with Gasteiger partial charge in [-0.05, 0) is 0 Å². The van der Waals surface area contributed by atoms with E-state index in [0.717, 1.165) is 5.75 Å². The van der Waals surface area contributed by atoms with Crippen LogP contribution in [0.5, 0.6) is 5.75 Å². The number of methoxy groups -OCH3 is 1. The number of ether oxygens (including phenoxy) is 1. The molecule has 0 atom stereocenters. The molecule has 0 radical (unpaired) electrons. The topological polar surface area (TPSA) is 9.23 Å². The average Bonchev–Trinajstić information content (AvgIpc) is 2.61. The van der Waals surface area contributed by atoms with Gasteiger partial charge in [0.1, 0.15) is 0 Å². The SMILES string of the molecule is CCC[CH2][Sn](/[CH]=C/c1ccc(OC)cc1)([CH2]CCC)[CH2]CCC. The van der Waals surface area contributed by atoms with E-state index < -0.39 is 18.4 Å². The van der Waals surface area contributed by atoms with Gasteiger partial charge in [0, 0.05) is 0 Å². The molecule has 0 spiro atoms. The summed E-state index contributed by atoms with van der Waals surface area (Å²) in [4.78, 5) is 0. The number of hydrogen-bond donors (Lipinski definition) is 0. The Hall–Kier alpha value is -0.441. The monoisotopic (exact) mass is 424 g/mol. The van der Waals surface area contributed by atoms with Gasteiger partial charge in [-0.2, -0.15) is 0 Å². The fourth-order valence-electron chi connectivity index (χ4n) is 3.20. The van der Waals surface area contributed by atoms with E-state index in [0.29, 0.717) is 0 Å². The molecule has 0 fully saturated rings. The minimum atomic E-state index is -2.13. The maximum absolute atomic E-state index is 5.26. The van der Waals surface area contributed by atoms with Crippen molar-refractivity contribution in [1.82, 2.24) is 0 Å². The number of rotatable bonds is 12. The van der Waals surface area contributed by atoms with E-state index in [9.17, 15) is 0 Å². The van der Waals surface area contributed by atoms with Crippen molar-refractivity contribution in [2.75, 3.05) is 7.11 Å². The van der Waals surface area contributed by atoms with Crippen LogP contribution in [0.4, 0.5) is 0 Å². The molecule has 0 N–H and O–H groups in total. The molecule has 0 saturated heterocycles. The minimum absolute atomic E-state index is 0.944. The van der Waals surface area contributed by atoms with Crippen molar-refractivity contribution in [3.8, 4) is 5.75 Å². The second-order valence-electron chi connectivity index (χ2n) is 6.78. The van der Waals surface area contributed by atoms with Gasteiger partial charge in [0.25, 0.3) is 0 Å². The first-order chi connectivity index (χ1) is 11.2. The molecule has 1 aromatic carbocycles. The molecular weight excluding hydrogens is 387 g/mol.